The zero-order valence-electron chi connectivity index (χ0n) is 21.0. The van der Waals surface area contributed by atoms with Gasteiger partial charge in [-0.3, -0.25) is 19.1 Å². The van der Waals surface area contributed by atoms with E-state index in [1.54, 1.807) is 16.4 Å². The molecule has 0 unspecified atom stereocenters. The summed E-state index contributed by atoms with van der Waals surface area (Å²) >= 11 is 6.86. The molecule has 3 heterocycles. The van der Waals surface area contributed by atoms with Gasteiger partial charge in [0.25, 0.3) is 11.5 Å². The monoisotopic (exact) mass is 521 g/mol. The third kappa shape index (κ3) is 5.26. The zero-order valence-corrected chi connectivity index (χ0v) is 22.6. The van der Waals surface area contributed by atoms with Crippen LogP contribution in [0.25, 0.3) is 6.08 Å². The number of aromatic nitrogens is 1. The molecule has 36 heavy (non-hydrogen) atoms. The Morgan fingerprint density at radius 3 is 2.44 bits per heavy atom. The summed E-state index contributed by atoms with van der Waals surface area (Å²) in [5.41, 5.74) is 2.38. The van der Waals surface area contributed by atoms with Crippen LogP contribution in [0.3, 0.4) is 0 Å². The molecule has 188 valence electrons. The number of carbonyl (C=O) groups is 1. The molecule has 2 fully saturated rings. The number of hydrogen-bond donors (Lipinski definition) is 0. The first-order valence-electron chi connectivity index (χ1n) is 12.3. The first-order valence-corrected chi connectivity index (χ1v) is 13.5. The summed E-state index contributed by atoms with van der Waals surface area (Å²) in [4.78, 5) is 33.4. The van der Waals surface area contributed by atoms with E-state index in [-0.39, 0.29) is 17.0 Å². The number of nitriles is 1. The maximum Gasteiger partial charge on any atom is 0.270 e. The van der Waals surface area contributed by atoms with Gasteiger partial charge in [0.2, 0.25) is 0 Å². The number of likely N-dealkylation sites (N-methyl/N-ethyl adjacent to an activating group) is 1. The van der Waals surface area contributed by atoms with Gasteiger partial charge in [-0.1, -0.05) is 61.2 Å². The molecule has 2 aromatic rings. The van der Waals surface area contributed by atoms with Crippen LogP contribution in [0.15, 0.2) is 40.0 Å². The van der Waals surface area contributed by atoms with Gasteiger partial charge in [0.05, 0.1) is 4.91 Å². The second-order valence-electron chi connectivity index (χ2n) is 9.17. The molecular formula is C27H31N5O2S2. The Labute approximate surface area is 222 Å². The lowest BCUT2D eigenvalue weighted by atomic mass is 10.0. The Balaban J connectivity index is 1.75. The fourth-order valence-corrected chi connectivity index (χ4v) is 5.93. The van der Waals surface area contributed by atoms with Gasteiger partial charge in [0.1, 0.15) is 21.8 Å². The van der Waals surface area contributed by atoms with Gasteiger partial charge < -0.3 is 9.80 Å². The van der Waals surface area contributed by atoms with E-state index in [9.17, 15) is 14.9 Å². The topological polar surface area (TPSA) is 72.6 Å². The SMILES string of the molecule is CCCn1c(N2CCN(C)CC2)c(C=C2SC(=S)N(CCc3ccccc3)C2=O)c(C)c(C#N)c1=O. The van der Waals surface area contributed by atoms with E-state index in [0.29, 0.717) is 34.3 Å². The highest BCUT2D eigenvalue weighted by Crippen LogP contribution is 2.36. The van der Waals surface area contributed by atoms with Crippen molar-refractivity contribution in [1.29, 1.82) is 5.26 Å². The lowest BCUT2D eigenvalue weighted by Gasteiger charge is -2.36. The highest BCUT2D eigenvalue weighted by Gasteiger charge is 2.33. The smallest absolute Gasteiger partial charge is 0.270 e. The number of pyridine rings is 1. The normalized spacial score (nSPS) is 17.8. The molecule has 2 aliphatic heterocycles. The van der Waals surface area contributed by atoms with Crippen molar-refractivity contribution in [3.63, 3.8) is 0 Å². The van der Waals surface area contributed by atoms with Crippen molar-refractivity contribution in [2.75, 3.05) is 44.7 Å². The third-order valence-corrected chi connectivity index (χ3v) is 8.09. The number of thiocarbonyl (C=S) groups is 1. The van der Waals surface area contributed by atoms with Crippen molar-refractivity contribution in [3.05, 3.63) is 67.8 Å². The summed E-state index contributed by atoms with van der Waals surface area (Å²) in [7, 11) is 2.09. The quantitative estimate of drug-likeness (QED) is 0.407. The molecule has 0 N–H and O–H groups in total. The Hall–Kier alpha value is -2.93. The number of piperazine rings is 1. The summed E-state index contributed by atoms with van der Waals surface area (Å²) in [6.45, 7) is 8.12. The minimum absolute atomic E-state index is 0.128. The molecule has 1 amide bonds. The van der Waals surface area contributed by atoms with Gasteiger partial charge in [-0.05, 0) is 44.0 Å². The molecule has 1 aromatic carbocycles. The van der Waals surface area contributed by atoms with E-state index >= 15 is 0 Å². The van der Waals surface area contributed by atoms with Crippen LogP contribution in [0.1, 0.15) is 35.6 Å². The molecule has 4 rings (SSSR count). The van der Waals surface area contributed by atoms with E-state index in [1.807, 2.05) is 43.3 Å². The number of benzene rings is 1. The fourth-order valence-electron chi connectivity index (χ4n) is 4.64. The van der Waals surface area contributed by atoms with E-state index in [4.69, 9.17) is 12.2 Å². The van der Waals surface area contributed by atoms with E-state index < -0.39 is 0 Å². The fraction of sp³-hybridized carbons (Fsp3) is 0.407. The Morgan fingerprint density at radius 2 is 1.81 bits per heavy atom. The minimum Gasteiger partial charge on any atom is -0.355 e. The molecule has 7 nitrogen and oxygen atoms in total. The van der Waals surface area contributed by atoms with Gasteiger partial charge in [-0.25, -0.2) is 0 Å². The van der Waals surface area contributed by atoms with Crippen molar-refractivity contribution in [3.8, 4) is 6.07 Å². The Morgan fingerprint density at radius 1 is 1.11 bits per heavy atom. The van der Waals surface area contributed by atoms with Gasteiger partial charge in [-0.15, -0.1) is 0 Å². The third-order valence-electron chi connectivity index (χ3n) is 6.71. The molecule has 0 radical (unpaired) electrons. The second kappa shape index (κ2) is 11.4. The number of nitrogens with zero attached hydrogens (tertiary/aromatic N) is 5. The molecule has 2 saturated heterocycles. The predicted octanol–water partition coefficient (Wildman–Crippen LogP) is 3.63. The summed E-state index contributed by atoms with van der Waals surface area (Å²) in [6, 6.07) is 12.1. The van der Waals surface area contributed by atoms with Crippen molar-refractivity contribution < 1.29 is 4.79 Å². The largest absolute Gasteiger partial charge is 0.355 e. The number of carbonyl (C=O) groups excluding carboxylic acids is 1. The molecule has 2 aliphatic rings. The van der Waals surface area contributed by atoms with Crippen LogP contribution in [0.4, 0.5) is 5.82 Å². The van der Waals surface area contributed by atoms with Crippen LogP contribution in [0, 0.1) is 18.3 Å². The van der Waals surface area contributed by atoms with E-state index in [1.165, 1.54) is 11.8 Å². The van der Waals surface area contributed by atoms with Crippen LogP contribution in [-0.2, 0) is 17.8 Å². The molecule has 1 aromatic heterocycles. The number of amides is 1. The number of rotatable bonds is 7. The number of thioether (sulfide) groups is 1. The Bertz CT molecular complexity index is 1290. The molecule has 0 bridgehead atoms. The van der Waals surface area contributed by atoms with Crippen molar-refractivity contribution in [2.45, 2.75) is 33.2 Å². The second-order valence-corrected chi connectivity index (χ2v) is 10.8. The lowest BCUT2D eigenvalue weighted by molar-refractivity contribution is -0.122. The molecule has 0 spiro atoms. The summed E-state index contributed by atoms with van der Waals surface area (Å²) in [6.07, 6.45) is 3.32. The van der Waals surface area contributed by atoms with Crippen LogP contribution in [0.2, 0.25) is 0 Å². The predicted molar refractivity (Wildman–Crippen MR) is 150 cm³/mol. The first-order chi connectivity index (χ1) is 17.3. The van der Waals surface area contributed by atoms with E-state index in [0.717, 1.165) is 49.5 Å². The van der Waals surface area contributed by atoms with Crippen LogP contribution < -0.4 is 10.5 Å². The van der Waals surface area contributed by atoms with Crippen molar-refractivity contribution in [1.82, 2.24) is 14.4 Å². The van der Waals surface area contributed by atoms with Gasteiger partial charge >= 0.3 is 0 Å². The maximum absolute atomic E-state index is 13.4. The first kappa shape index (κ1) is 26.1. The highest BCUT2D eigenvalue weighted by molar-refractivity contribution is 8.26. The van der Waals surface area contributed by atoms with Gasteiger partial charge in [-0.2, -0.15) is 5.26 Å². The molecule has 0 aliphatic carbocycles. The molecule has 0 atom stereocenters. The maximum atomic E-state index is 13.4. The van der Waals surface area contributed by atoms with Gasteiger partial charge in [0, 0.05) is 44.8 Å². The van der Waals surface area contributed by atoms with Crippen LogP contribution in [0.5, 0.6) is 0 Å². The molecule has 9 heteroatoms. The molecular weight excluding hydrogens is 490 g/mol. The standard InChI is InChI=1S/C27H31N5O2S2/c1-4-11-31-24(30-15-13-29(3)14-16-30)21(19(2)22(18-28)25(31)33)17-23-26(34)32(27(35)36-23)12-10-20-8-6-5-7-9-20/h5-9,17H,4,10-16H2,1-3H3. The summed E-state index contributed by atoms with van der Waals surface area (Å²) < 4.78 is 2.25. The van der Waals surface area contributed by atoms with Crippen LogP contribution in [-0.4, -0.2) is 64.4 Å². The van der Waals surface area contributed by atoms with Crippen LogP contribution >= 0.6 is 24.0 Å². The average Bonchev–Trinajstić information content (AvgIpc) is 3.14. The average molecular weight is 522 g/mol. The van der Waals surface area contributed by atoms with E-state index in [2.05, 4.69) is 22.9 Å². The summed E-state index contributed by atoms with van der Waals surface area (Å²) in [5, 5.41) is 9.82. The lowest BCUT2D eigenvalue weighted by Crippen LogP contribution is -2.47. The van der Waals surface area contributed by atoms with Crippen molar-refractivity contribution >= 4 is 46.1 Å². The number of anilines is 1. The van der Waals surface area contributed by atoms with Gasteiger partial charge in [0.15, 0.2) is 0 Å². The Kier molecular flexibility index (Phi) is 8.29. The zero-order chi connectivity index (χ0) is 25.8. The number of hydrogen-bond acceptors (Lipinski definition) is 7. The summed E-state index contributed by atoms with van der Waals surface area (Å²) in [5.74, 6) is 0.664. The van der Waals surface area contributed by atoms with Crippen molar-refractivity contribution in [2.24, 2.45) is 0 Å². The highest BCUT2D eigenvalue weighted by atomic mass is 32.2. The minimum atomic E-state index is -0.265. The molecule has 0 saturated carbocycles.